The number of pyridine rings is 1. The molecule has 3 aromatic carbocycles. The van der Waals surface area contributed by atoms with Crippen LogP contribution in [-0.4, -0.2) is 4.98 Å². The van der Waals surface area contributed by atoms with Crippen LogP contribution in [-0.2, 0) is 19.4 Å². The molecule has 7 heteroatoms. The van der Waals surface area contributed by atoms with Crippen LogP contribution >= 0.6 is 0 Å². The number of rotatable bonds is 7. The molecule has 4 aromatic rings. The first-order valence-corrected chi connectivity index (χ1v) is 10.4. The van der Waals surface area contributed by atoms with Crippen molar-refractivity contribution >= 4 is 0 Å². The van der Waals surface area contributed by atoms with E-state index < -0.39 is 11.7 Å². The summed E-state index contributed by atoms with van der Waals surface area (Å²) in [5, 5.41) is 9.07. The lowest BCUT2D eigenvalue weighted by Gasteiger charge is -2.17. The Hall–Kier alpha value is -4.31. The Morgan fingerprint density at radius 3 is 1.91 bits per heavy atom. The maximum absolute atomic E-state index is 13.8. The van der Waals surface area contributed by atoms with Crippen molar-refractivity contribution < 1.29 is 22.6 Å². The summed E-state index contributed by atoms with van der Waals surface area (Å²) in [6, 6.07) is 26.9. The SMILES string of the molecule is N#Cc1ccc(-c2ccc(OCc3ccccc3)nc2OCc2ccccc2)c(C(F)(F)F)c1. The second kappa shape index (κ2) is 10.1. The Kier molecular flexibility index (Phi) is 6.79. The number of ether oxygens (including phenoxy) is 2. The van der Waals surface area contributed by atoms with Gasteiger partial charge in [0.25, 0.3) is 0 Å². The van der Waals surface area contributed by atoms with Crippen molar-refractivity contribution in [3.05, 3.63) is 113 Å². The molecule has 0 unspecified atom stereocenters. The smallest absolute Gasteiger partial charge is 0.417 e. The largest absolute Gasteiger partial charge is 0.473 e. The molecule has 0 saturated heterocycles. The number of aromatic nitrogens is 1. The standard InChI is InChI=1S/C27H19F3N2O2/c28-27(29,30)24-15-21(16-31)11-12-22(24)23-13-14-25(33-17-19-7-3-1-4-8-19)32-26(23)34-18-20-9-5-2-6-10-20/h1-15H,17-18H2. The molecule has 0 atom stereocenters. The van der Waals surface area contributed by atoms with Gasteiger partial charge in [0, 0.05) is 11.6 Å². The molecular formula is C27H19F3N2O2. The minimum absolute atomic E-state index is 0.00428. The molecule has 0 spiro atoms. The lowest BCUT2D eigenvalue weighted by Crippen LogP contribution is -2.09. The van der Waals surface area contributed by atoms with Crippen LogP contribution < -0.4 is 9.47 Å². The maximum Gasteiger partial charge on any atom is 0.417 e. The molecule has 0 amide bonds. The number of nitriles is 1. The first-order valence-electron chi connectivity index (χ1n) is 10.4. The van der Waals surface area contributed by atoms with Gasteiger partial charge in [-0.05, 0) is 34.9 Å². The first-order chi connectivity index (χ1) is 16.4. The Bertz CT molecular complexity index is 1300. The van der Waals surface area contributed by atoms with Crippen LogP contribution in [0.25, 0.3) is 11.1 Å². The van der Waals surface area contributed by atoms with Crippen molar-refractivity contribution in [2.24, 2.45) is 0 Å². The summed E-state index contributed by atoms with van der Waals surface area (Å²) in [6.07, 6.45) is -4.67. The molecule has 0 saturated carbocycles. The zero-order chi connectivity index (χ0) is 24.0. The number of hydrogen-bond donors (Lipinski definition) is 0. The monoisotopic (exact) mass is 460 g/mol. The molecule has 4 nitrogen and oxygen atoms in total. The molecule has 0 N–H and O–H groups in total. The molecule has 0 aliphatic heterocycles. The highest BCUT2D eigenvalue weighted by atomic mass is 19.4. The number of benzene rings is 3. The lowest BCUT2D eigenvalue weighted by atomic mass is 9.98. The molecule has 170 valence electrons. The minimum Gasteiger partial charge on any atom is -0.473 e. The van der Waals surface area contributed by atoms with E-state index >= 15 is 0 Å². The summed E-state index contributed by atoms with van der Waals surface area (Å²) in [5.41, 5.74) is 0.763. The van der Waals surface area contributed by atoms with Gasteiger partial charge in [-0.25, -0.2) is 0 Å². The number of alkyl halides is 3. The Balaban J connectivity index is 1.72. The molecule has 1 heterocycles. The predicted molar refractivity (Wildman–Crippen MR) is 121 cm³/mol. The molecule has 0 aliphatic rings. The summed E-state index contributed by atoms with van der Waals surface area (Å²) in [4.78, 5) is 4.37. The van der Waals surface area contributed by atoms with Gasteiger partial charge in [0.05, 0.1) is 17.2 Å². The summed E-state index contributed by atoms with van der Waals surface area (Å²) in [7, 11) is 0. The molecule has 4 rings (SSSR count). The summed E-state index contributed by atoms with van der Waals surface area (Å²) in [5.74, 6) is 0.225. The van der Waals surface area contributed by atoms with Gasteiger partial charge in [0.1, 0.15) is 13.2 Å². The fraction of sp³-hybridized carbons (Fsp3) is 0.111. The topological polar surface area (TPSA) is 55.1 Å². The zero-order valence-electron chi connectivity index (χ0n) is 17.9. The van der Waals surface area contributed by atoms with Gasteiger partial charge in [0.2, 0.25) is 11.8 Å². The second-order valence-corrected chi connectivity index (χ2v) is 7.42. The fourth-order valence-corrected chi connectivity index (χ4v) is 3.36. The van der Waals surface area contributed by atoms with Crippen molar-refractivity contribution in [2.75, 3.05) is 0 Å². The van der Waals surface area contributed by atoms with Crippen LogP contribution in [0.1, 0.15) is 22.3 Å². The third-order valence-corrected chi connectivity index (χ3v) is 5.03. The Morgan fingerprint density at radius 2 is 1.32 bits per heavy atom. The summed E-state index contributed by atoms with van der Waals surface area (Å²) in [6.45, 7) is 0.358. The van der Waals surface area contributed by atoms with E-state index in [2.05, 4.69) is 4.98 Å². The average Bonchev–Trinajstić information content (AvgIpc) is 2.86. The first kappa shape index (κ1) is 22.9. The maximum atomic E-state index is 13.8. The molecule has 0 fully saturated rings. The van der Waals surface area contributed by atoms with E-state index in [1.165, 1.54) is 24.3 Å². The highest BCUT2D eigenvalue weighted by Gasteiger charge is 2.35. The third kappa shape index (κ3) is 5.54. The number of nitrogens with zero attached hydrogens (tertiary/aromatic N) is 2. The van der Waals surface area contributed by atoms with E-state index in [-0.39, 0.29) is 41.7 Å². The van der Waals surface area contributed by atoms with Gasteiger partial charge in [-0.15, -0.1) is 0 Å². The average molecular weight is 460 g/mol. The van der Waals surface area contributed by atoms with Crippen LogP contribution in [0.2, 0.25) is 0 Å². The fourth-order valence-electron chi connectivity index (χ4n) is 3.36. The normalized spacial score (nSPS) is 11.0. The summed E-state index contributed by atoms with van der Waals surface area (Å²) >= 11 is 0. The molecule has 34 heavy (non-hydrogen) atoms. The van der Waals surface area contributed by atoms with Crippen molar-refractivity contribution in [2.45, 2.75) is 19.4 Å². The molecule has 1 aromatic heterocycles. The van der Waals surface area contributed by atoms with Crippen molar-refractivity contribution in [3.8, 4) is 29.0 Å². The van der Waals surface area contributed by atoms with E-state index in [1.54, 1.807) is 6.07 Å². The molecule has 0 bridgehead atoms. The Labute approximate surface area is 194 Å². The number of halogens is 3. The minimum atomic E-state index is -4.67. The van der Waals surface area contributed by atoms with Gasteiger partial charge in [0.15, 0.2) is 0 Å². The van der Waals surface area contributed by atoms with Crippen molar-refractivity contribution in [1.29, 1.82) is 5.26 Å². The zero-order valence-corrected chi connectivity index (χ0v) is 17.9. The van der Waals surface area contributed by atoms with Crippen LogP contribution in [0.3, 0.4) is 0 Å². The van der Waals surface area contributed by atoms with E-state index in [1.807, 2.05) is 60.7 Å². The molecule has 0 radical (unpaired) electrons. The van der Waals surface area contributed by atoms with Gasteiger partial charge in [-0.1, -0.05) is 66.7 Å². The molecular weight excluding hydrogens is 441 g/mol. The Morgan fingerprint density at radius 1 is 0.735 bits per heavy atom. The van der Waals surface area contributed by atoms with Crippen LogP contribution in [0, 0.1) is 11.3 Å². The highest BCUT2D eigenvalue weighted by Crippen LogP contribution is 2.41. The van der Waals surface area contributed by atoms with E-state index in [0.717, 1.165) is 17.2 Å². The van der Waals surface area contributed by atoms with Gasteiger partial charge < -0.3 is 9.47 Å². The second-order valence-electron chi connectivity index (χ2n) is 7.42. The van der Waals surface area contributed by atoms with Crippen molar-refractivity contribution in [1.82, 2.24) is 4.98 Å². The predicted octanol–water partition coefficient (Wildman–Crippen LogP) is 6.80. The van der Waals surface area contributed by atoms with Crippen LogP contribution in [0.5, 0.6) is 11.8 Å². The van der Waals surface area contributed by atoms with Gasteiger partial charge in [-0.3, -0.25) is 0 Å². The van der Waals surface area contributed by atoms with E-state index in [9.17, 15) is 13.2 Å². The van der Waals surface area contributed by atoms with E-state index in [4.69, 9.17) is 14.7 Å². The van der Waals surface area contributed by atoms with Crippen LogP contribution in [0.4, 0.5) is 13.2 Å². The third-order valence-electron chi connectivity index (χ3n) is 5.03. The lowest BCUT2D eigenvalue weighted by molar-refractivity contribution is -0.137. The van der Waals surface area contributed by atoms with Crippen LogP contribution in [0.15, 0.2) is 91.0 Å². The van der Waals surface area contributed by atoms with Crippen molar-refractivity contribution in [3.63, 3.8) is 0 Å². The van der Waals surface area contributed by atoms with E-state index in [0.29, 0.717) is 0 Å². The summed E-state index contributed by atoms with van der Waals surface area (Å²) < 4.78 is 53.1. The van der Waals surface area contributed by atoms with Gasteiger partial charge >= 0.3 is 6.18 Å². The highest BCUT2D eigenvalue weighted by molar-refractivity contribution is 5.73. The quantitative estimate of drug-likeness (QED) is 0.304. The number of hydrogen-bond acceptors (Lipinski definition) is 4. The van der Waals surface area contributed by atoms with Gasteiger partial charge in [-0.2, -0.15) is 23.4 Å². The molecule has 0 aliphatic carbocycles.